The zero-order chi connectivity index (χ0) is 36.4. The Morgan fingerprint density at radius 2 is 0.759 bits per heavy atom. The highest BCUT2D eigenvalue weighted by Gasteiger charge is 2.29. The quantitative estimate of drug-likeness (QED) is 0.120. The Balaban J connectivity index is 0.968. The fourth-order valence-corrected chi connectivity index (χ4v) is 8.55. The number of nitrogens with zero attached hydrogens (tertiary/aromatic N) is 3. The zero-order valence-corrected chi connectivity index (χ0v) is 31.1. The summed E-state index contributed by atoms with van der Waals surface area (Å²) in [6.45, 7) is 0. The normalized spacial score (nSPS) is 16.9. The molecule has 3 heteroatoms. The average molecular weight is 704 g/mol. The Labute approximate surface area is 321 Å². The van der Waals surface area contributed by atoms with Crippen molar-refractivity contribution in [2.24, 2.45) is 17.8 Å². The summed E-state index contributed by atoms with van der Waals surface area (Å²) in [5.74, 6) is 2.13. The Kier molecular flexibility index (Phi) is 11.4. The molecule has 1 aliphatic rings. The molecular weight excluding hydrogens is 655 g/mol. The molecule has 54 heavy (non-hydrogen) atoms. The second-order valence-electron chi connectivity index (χ2n) is 15.2. The number of rotatable bonds is 13. The van der Waals surface area contributed by atoms with Crippen molar-refractivity contribution in [2.45, 2.75) is 57.8 Å². The van der Waals surface area contributed by atoms with Gasteiger partial charge in [0, 0.05) is 35.3 Å². The lowest BCUT2D eigenvalue weighted by molar-refractivity contribution is 0.172. The topological polar surface area (TPSA) is 38.7 Å². The molecular formula is C51H49N3. The highest BCUT2D eigenvalue weighted by Crippen LogP contribution is 2.41. The fourth-order valence-electron chi connectivity index (χ4n) is 8.55. The Bertz CT molecular complexity index is 2090. The zero-order valence-electron chi connectivity index (χ0n) is 31.1. The van der Waals surface area contributed by atoms with Gasteiger partial charge in [-0.1, -0.05) is 133 Å². The largest absolute Gasteiger partial charge is 0.256 e. The first-order valence-electron chi connectivity index (χ1n) is 19.8. The van der Waals surface area contributed by atoms with Crippen LogP contribution in [-0.2, 0) is 19.3 Å². The van der Waals surface area contributed by atoms with Crippen molar-refractivity contribution in [1.82, 2.24) is 15.0 Å². The van der Waals surface area contributed by atoms with Crippen molar-refractivity contribution in [2.75, 3.05) is 0 Å². The summed E-state index contributed by atoms with van der Waals surface area (Å²) in [6.07, 6.45) is 17.1. The number of pyridine rings is 3. The first-order valence-corrected chi connectivity index (χ1v) is 19.8. The van der Waals surface area contributed by atoms with Crippen molar-refractivity contribution in [3.63, 3.8) is 0 Å². The average Bonchev–Trinajstić information content (AvgIpc) is 3.26. The van der Waals surface area contributed by atoms with Crippen molar-refractivity contribution >= 4 is 0 Å². The molecule has 1 aliphatic carbocycles. The van der Waals surface area contributed by atoms with Gasteiger partial charge in [-0.3, -0.25) is 15.0 Å². The summed E-state index contributed by atoms with van der Waals surface area (Å²) in [5, 5.41) is 0. The van der Waals surface area contributed by atoms with Crippen molar-refractivity contribution in [3.05, 3.63) is 187 Å². The van der Waals surface area contributed by atoms with Crippen LogP contribution in [0.15, 0.2) is 170 Å². The Hall–Kier alpha value is -5.67. The van der Waals surface area contributed by atoms with Crippen LogP contribution >= 0.6 is 0 Å². The van der Waals surface area contributed by atoms with Gasteiger partial charge in [-0.25, -0.2) is 0 Å². The molecule has 0 amide bonds. The van der Waals surface area contributed by atoms with Crippen molar-refractivity contribution < 1.29 is 0 Å². The summed E-state index contributed by atoms with van der Waals surface area (Å²) >= 11 is 0. The molecule has 0 bridgehead atoms. The molecule has 1 saturated carbocycles. The molecule has 0 radical (unpaired) electrons. The molecule has 3 nitrogen and oxygen atoms in total. The molecule has 8 rings (SSSR count). The number of aryl methyl sites for hydroxylation is 3. The van der Waals surface area contributed by atoms with Gasteiger partial charge >= 0.3 is 0 Å². The molecule has 4 aromatic carbocycles. The number of hydrogen-bond donors (Lipinski definition) is 0. The molecule has 268 valence electrons. The summed E-state index contributed by atoms with van der Waals surface area (Å²) in [7, 11) is 0. The van der Waals surface area contributed by atoms with Gasteiger partial charge in [0.1, 0.15) is 0 Å². The highest BCUT2D eigenvalue weighted by atomic mass is 14.7. The van der Waals surface area contributed by atoms with Crippen LogP contribution in [0.25, 0.3) is 44.9 Å². The maximum absolute atomic E-state index is 4.99. The summed E-state index contributed by atoms with van der Waals surface area (Å²) in [4.78, 5) is 14.7. The smallest absolute Gasteiger partial charge is 0.0708 e. The van der Waals surface area contributed by atoms with Gasteiger partial charge < -0.3 is 0 Å². The van der Waals surface area contributed by atoms with E-state index in [1.807, 2.05) is 0 Å². The van der Waals surface area contributed by atoms with E-state index in [4.69, 9.17) is 15.0 Å². The van der Waals surface area contributed by atoms with E-state index in [9.17, 15) is 0 Å². The van der Waals surface area contributed by atoms with Crippen molar-refractivity contribution in [1.29, 1.82) is 0 Å². The van der Waals surface area contributed by atoms with Crippen LogP contribution in [-0.4, -0.2) is 15.0 Å². The Morgan fingerprint density at radius 1 is 0.370 bits per heavy atom. The standard InChI is InChI=1S/C51H49N3/c1-5-13-43(14-6-1)48-34-51(46-19-11-4-12-20-46)54-37-47(48)28-25-42-32-40(23-21-38-26-29-49(52-35-38)44-15-7-2-8-16-44)31-41(33-42)24-22-39-27-30-50(53-36-39)45-17-9-3-10-18-45/h1-20,26-27,29-30,34-37,40-42H,21-25,28,31-33H2. The minimum Gasteiger partial charge on any atom is -0.256 e. The molecule has 1 fully saturated rings. The van der Waals surface area contributed by atoms with Gasteiger partial charge in [0.15, 0.2) is 0 Å². The van der Waals surface area contributed by atoms with Crippen LogP contribution in [0.5, 0.6) is 0 Å². The van der Waals surface area contributed by atoms with E-state index in [1.165, 1.54) is 77.5 Å². The third-order valence-electron chi connectivity index (χ3n) is 11.4. The predicted octanol–water partition coefficient (Wildman–Crippen LogP) is 12.8. The lowest BCUT2D eigenvalue weighted by Gasteiger charge is -2.35. The van der Waals surface area contributed by atoms with Gasteiger partial charge in [0.2, 0.25) is 0 Å². The lowest BCUT2D eigenvalue weighted by Crippen LogP contribution is -2.24. The Morgan fingerprint density at radius 3 is 1.19 bits per heavy atom. The monoisotopic (exact) mass is 703 g/mol. The van der Waals surface area contributed by atoms with Crippen LogP contribution in [0.4, 0.5) is 0 Å². The van der Waals surface area contributed by atoms with Crippen LogP contribution < -0.4 is 0 Å². The minimum atomic E-state index is 0.698. The van der Waals surface area contributed by atoms with E-state index in [1.54, 1.807) is 0 Å². The predicted molar refractivity (Wildman–Crippen MR) is 224 cm³/mol. The number of aromatic nitrogens is 3. The maximum atomic E-state index is 4.99. The molecule has 0 N–H and O–H groups in total. The fraction of sp³-hybridized carbons (Fsp3) is 0.235. The molecule has 0 spiro atoms. The molecule has 3 heterocycles. The van der Waals surface area contributed by atoms with E-state index in [0.29, 0.717) is 17.8 Å². The molecule has 7 aromatic rings. The van der Waals surface area contributed by atoms with Crippen LogP contribution in [0.2, 0.25) is 0 Å². The molecule has 3 aromatic heterocycles. The SMILES string of the molecule is c1ccc(-c2ccc(CCC3CC(CCc4ccc(-c5ccccc5)nc4)CC(CCc4cnc(-c5ccccc5)cc4-c4ccccc4)C3)cn2)cc1. The van der Waals surface area contributed by atoms with Crippen LogP contribution in [0, 0.1) is 17.8 Å². The first kappa shape index (κ1) is 35.4. The first-order chi connectivity index (χ1) is 26.7. The van der Waals surface area contributed by atoms with Gasteiger partial charge in [0.05, 0.1) is 17.1 Å². The van der Waals surface area contributed by atoms with E-state index in [2.05, 4.69) is 170 Å². The summed E-state index contributed by atoms with van der Waals surface area (Å²) in [5.41, 5.74) is 13.3. The third-order valence-corrected chi connectivity index (χ3v) is 11.4. The molecule has 0 aliphatic heterocycles. The third kappa shape index (κ3) is 9.09. The van der Waals surface area contributed by atoms with E-state index in [0.717, 1.165) is 41.9 Å². The summed E-state index contributed by atoms with van der Waals surface area (Å²) < 4.78 is 0. The van der Waals surface area contributed by atoms with E-state index >= 15 is 0 Å². The maximum Gasteiger partial charge on any atom is 0.0708 e. The summed E-state index contributed by atoms with van der Waals surface area (Å²) in [6, 6.07) is 53.7. The highest BCUT2D eigenvalue weighted by molar-refractivity contribution is 5.73. The van der Waals surface area contributed by atoms with Gasteiger partial charge in [0.25, 0.3) is 0 Å². The lowest BCUT2D eigenvalue weighted by atomic mass is 9.70. The second-order valence-corrected chi connectivity index (χ2v) is 15.2. The minimum absolute atomic E-state index is 0.698. The van der Waals surface area contributed by atoms with Crippen molar-refractivity contribution in [3.8, 4) is 44.9 Å². The van der Waals surface area contributed by atoms with Gasteiger partial charge in [-0.05, 0) is 122 Å². The van der Waals surface area contributed by atoms with Gasteiger partial charge in [-0.15, -0.1) is 0 Å². The number of hydrogen-bond acceptors (Lipinski definition) is 3. The molecule has 2 unspecified atom stereocenters. The molecule has 2 atom stereocenters. The van der Waals surface area contributed by atoms with E-state index < -0.39 is 0 Å². The van der Waals surface area contributed by atoms with Gasteiger partial charge in [-0.2, -0.15) is 0 Å². The number of benzene rings is 4. The van der Waals surface area contributed by atoms with E-state index in [-0.39, 0.29) is 0 Å². The second kappa shape index (κ2) is 17.4. The van der Waals surface area contributed by atoms with Crippen LogP contribution in [0.1, 0.15) is 55.2 Å². The molecule has 0 saturated heterocycles. The van der Waals surface area contributed by atoms with Crippen LogP contribution in [0.3, 0.4) is 0 Å².